The topological polar surface area (TPSA) is 70.8 Å². The van der Waals surface area contributed by atoms with Gasteiger partial charge in [-0.3, -0.25) is 0 Å². The third-order valence-electron chi connectivity index (χ3n) is 3.48. The predicted molar refractivity (Wildman–Crippen MR) is 80.2 cm³/mol. The molecule has 0 fully saturated rings. The molecule has 0 aliphatic rings. The summed E-state index contributed by atoms with van der Waals surface area (Å²) in [6.45, 7) is 1.34. The van der Waals surface area contributed by atoms with E-state index in [0.717, 1.165) is 6.07 Å². The van der Waals surface area contributed by atoms with Crippen molar-refractivity contribution in [3.63, 3.8) is 0 Å². The highest BCUT2D eigenvalue weighted by molar-refractivity contribution is 7.13. The number of aryl methyl sites for hydroxylation is 2. The summed E-state index contributed by atoms with van der Waals surface area (Å²) >= 11 is 1.27. The number of carbonyl (C=O) groups excluding carboxylic acids is 1. The van der Waals surface area contributed by atoms with Crippen molar-refractivity contribution in [3.8, 4) is 10.6 Å². The highest BCUT2D eigenvalue weighted by atomic mass is 32.1. The third kappa shape index (κ3) is 2.99. The number of halogens is 3. The molecule has 0 amide bonds. The van der Waals surface area contributed by atoms with Gasteiger partial charge >= 0.3 is 6.18 Å². The first-order valence-electron chi connectivity index (χ1n) is 6.96. The Morgan fingerprint density at radius 1 is 1.42 bits per heavy atom. The van der Waals surface area contributed by atoms with Crippen LogP contribution in [0.25, 0.3) is 21.6 Å². The van der Waals surface area contributed by atoms with Gasteiger partial charge in [-0.15, -0.1) is 11.3 Å². The summed E-state index contributed by atoms with van der Waals surface area (Å²) in [6.07, 6.45) is -4.93. The fourth-order valence-corrected chi connectivity index (χ4v) is 3.17. The monoisotopic (exact) mass is 354 g/mol. The summed E-state index contributed by atoms with van der Waals surface area (Å²) in [6, 6.07) is 4.40. The van der Waals surface area contributed by atoms with E-state index in [1.165, 1.54) is 22.9 Å². The highest BCUT2D eigenvalue weighted by Crippen LogP contribution is 2.38. The maximum absolute atomic E-state index is 13.5. The summed E-state index contributed by atoms with van der Waals surface area (Å²) in [5.41, 5.74) is -0.472. The lowest BCUT2D eigenvalue weighted by Gasteiger charge is -2.11. The Morgan fingerprint density at radius 2 is 2.17 bits per heavy atom. The van der Waals surface area contributed by atoms with Gasteiger partial charge in [-0.2, -0.15) is 18.3 Å². The van der Waals surface area contributed by atoms with E-state index in [1.54, 1.807) is 17.5 Å². The molecule has 126 valence electrons. The van der Waals surface area contributed by atoms with Gasteiger partial charge in [0.25, 0.3) is 0 Å². The average molecular weight is 354 g/mol. The molecule has 0 bridgehead atoms. The number of pyridine rings is 1. The molecule has 0 saturated carbocycles. The number of hydrogen-bond acceptors (Lipinski definition) is 5. The standard InChI is InChI=1S/C15H12F3N3O2S/c1-8-13-9(15(16,17)18)7-10(11-3-2-6-24-11)19-14(13)21(20-8)5-4-12(22)23/h2-3,6-7H,4-5H2,1H3,(H,22,23)/p-1. The molecular formula is C15H11F3N3O2S-. The van der Waals surface area contributed by atoms with Gasteiger partial charge in [0.1, 0.15) is 0 Å². The summed E-state index contributed by atoms with van der Waals surface area (Å²) in [5.74, 6) is -1.30. The summed E-state index contributed by atoms with van der Waals surface area (Å²) in [7, 11) is 0. The van der Waals surface area contributed by atoms with Crippen molar-refractivity contribution in [2.75, 3.05) is 0 Å². The maximum Gasteiger partial charge on any atom is 0.417 e. The van der Waals surface area contributed by atoms with Crippen LogP contribution in [-0.2, 0) is 17.5 Å². The first kappa shape index (κ1) is 16.4. The van der Waals surface area contributed by atoms with Gasteiger partial charge in [-0.05, 0) is 24.4 Å². The van der Waals surface area contributed by atoms with E-state index in [2.05, 4.69) is 10.1 Å². The van der Waals surface area contributed by atoms with E-state index in [4.69, 9.17) is 0 Å². The van der Waals surface area contributed by atoms with Gasteiger partial charge in [-0.25, -0.2) is 9.67 Å². The quantitative estimate of drug-likeness (QED) is 0.722. The van der Waals surface area contributed by atoms with Crippen LogP contribution in [0.3, 0.4) is 0 Å². The zero-order chi connectivity index (χ0) is 17.5. The average Bonchev–Trinajstić information content (AvgIpc) is 3.12. The van der Waals surface area contributed by atoms with E-state index in [1.807, 2.05) is 0 Å². The fourth-order valence-electron chi connectivity index (χ4n) is 2.48. The molecule has 3 heterocycles. The third-order valence-corrected chi connectivity index (χ3v) is 4.38. The molecule has 0 aliphatic heterocycles. The van der Waals surface area contributed by atoms with E-state index in [9.17, 15) is 23.1 Å². The van der Waals surface area contributed by atoms with Crippen LogP contribution in [0.1, 0.15) is 17.7 Å². The number of aromatic nitrogens is 3. The number of alkyl halides is 3. The minimum absolute atomic E-state index is 0.0203. The van der Waals surface area contributed by atoms with Gasteiger partial charge in [0, 0.05) is 18.9 Å². The van der Waals surface area contributed by atoms with Gasteiger partial charge in [0.15, 0.2) is 5.65 Å². The SMILES string of the molecule is Cc1nn(CCC(=O)[O-])c2nc(-c3cccs3)cc(C(F)(F)F)c12. The van der Waals surface area contributed by atoms with Gasteiger partial charge < -0.3 is 9.90 Å². The number of aliphatic carboxylic acids is 1. The molecule has 9 heteroatoms. The highest BCUT2D eigenvalue weighted by Gasteiger charge is 2.35. The molecular weight excluding hydrogens is 343 g/mol. The Labute approximate surface area is 138 Å². The van der Waals surface area contributed by atoms with Crippen molar-refractivity contribution in [2.45, 2.75) is 26.1 Å². The minimum atomic E-state index is -4.57. The van der Waals surface area contributed by atoms with Crippen LogP contribution in [-0.4, -0.2) is 20.7 Å². The van der Waals surface area contributed by atoms with Crippen molar-refractivity contribution in [1.82, 2.24) is 14.8 Å². The number of fused-ring (bicyclic) bond motifs is 1. The van der Waals surface area contributed by atoms with Gasteiger partial charge in [-0.1, -0.05) is 6.07 Å². The smallest absolute Gasteiger partial charge is 0.417 e. The maximum atomic E-state index is 13.5. The molecule has 0 saturated heterocycles. The summed E-state index contributed by atoms with van der Waals surface area (Å²) < 4.78 is 41.6. The van der Waals surface area contributed by atoms with Crippen molar-refractivity contribution < 1.29 is 23.1 Å². The number of hydrogen-bond donors (Lipinski definition) is 0. The Kier molecular flexibility index (Phi) is 4.04. The molecule has 24 heavy (non-hydrogen) atoms. The van der Waals surface area contributed by atoms with E-state index >= 15 is 0 Å². The first-order chi connectivity index (χ1) is 11.3. The Hall–Kier alpha value is -2.42. The molecule has 0 radical (unpaired) electrons. The van der Waals surface area contributed by atoms with E-state index < -0.39 is 17.7 Å². The first-order valence-corrected chi connectivity index (χ1v) is 7.84. The molecule has 3 aromatic heterocycles. The summed E-state index contributed by atoms with van der Waals surface area (Å²) in [5, 5.41) is 16.3. The molecule has 0 spiro atoms. The lowest BCUT2D eigenvalue weighted by atomic mass is 10.1. The van der Waals surface area contributed by atoms with E-state index in [-0.39, 0.29) is 35.4 Å². The number of thiophene rings is 1. The van der Waals surface area contributed by atoms with Crippen LogP contribution >= 0.6 is 11.3 Å². The van der Waals surface area contributed by atoms with Crippen molar-refractivity contribution in [2.24, 2.45) is 0 Å². The van der Waals surface area contributed by atoms with Crippen molar-refractivity contribution in [3.05, 3.63) is 34.8 Å². The predicted octanol–water partition coefficient (Wildman–Crippen LogP) is 2.63. The minimum Gasteiger partial charge on any atom is -0.550 e. The zero-order valence-electron chi connectivity index (χ0n) is 12.4. The van der Waals surface area contributed by atoms with Gasteiger partial charge in [0.05, 0.1) is 27.2 Å². The second kappa shape index (κ2) is 5.90. The van der Waals surface area contributed by atoms with Crippen LogP contribution in [0.5, 0.6) is 0 Å². The fraction of sp³-hybridized carbons (Fsp3) is 0.267. The molecule has 0 atom stereocenters. The molecule has 3 aromatic rings. The van der Waals surface area contributed by atoms with Gasteiger partial charge in [0.2, 0.25) is 0 Å². The number of nitrogens with zero attached hydrogens (tertiary/aromatic N) is 3. The summed E-state index contributed by atoms with van der Waals surface area (Å²) in [4.78, 5) is 15.5. The molecule has 0 aliphatic carbocycles. The molecule has 0 aromatic carbocycles. The Balaban J connectivity index is 2.26. The largest absolute Gasteiger partial charge is 0.550 e. The number of carboxylic acids is 1. The van der Waals surface area contributed by atoms with Crippen molar-refractivity contribution >= 4 is 28.3 Å². The normalized spacial score (nSPS) is 12.0. The lowest BCUT2D eigenvalue weighted by Crippen LogP contribution is -2.23. The van der Waals surface area contributed by atoms with Crippen LogP contribution in [0, 0.1) is 6.92 Å². The Morgan fingerprint density at radius 3 is 2.75 bits per heavy atom. The molecule has 5 nitrogen and oxygen atoms in total. The molecule has 3 rings (SSSR count). The molecule has 0 N–H and O–H groups in total. The van der Waals surface area contributed by atoms with Crippen LogP contribution in [0.15, 0.2) is 23.6 Å². The van der Waals surface area contributed by atoms with Crippen molar-refractivity contribution in [1.29, 1.82) is 0 Å². The van der Waals surface area contributed by atoms with Crippen LogP contribution < -0.4 is 5.11 Å². The number of carboxylic acid groups (broad SMARTS) is 1. The zero-order valence-corrected chi connectivity index (χ0v) is 13.2. The van der Waals surface area contributed by atoms with E-state index in [0.29, 0.717) is 4.88 Å². The number of rotatable bonds is 4. The Bertz CT molecular complexity index is 901. The second-order valence-corrected chi connectivity index (χ2v) is 6.11. The van der Waals surface area contributed by atoms with Crippen LogP contribution in [0.4, 0.5) is 13.2 Å². The lowest BCUT2D eigenvalue weighted by molar-refractivity contribution is -0.306. The van der Waals surface area contributed by atoms with Crippen LogP contribution in [0.2, 0.25) is 0 Å². The molecule has 0 unspecified atom stereocenters. The second-order valence-electron chi connectivity index (χ2n) is 5.16. The number of carbonyl (C=O) groups is 1.